The fourth-order valence-electron chi connectivity index (χ4n) is 2.24. The number of nitrogens with zero attached hydrogens (tertiary/aromatic N) is 1. The van der Waals surface area contributed by atoms with E-state index in [0.29, 0.717) is 5.92 Å². The Labute approximate surface area is 112 Å². The van der Waals surface area contributed by atoms with Crippen LogP contribution in [0.25, 0.3) is 0 Å². The summed E-state index contributed by atoms with van der Waals surface area (Å²) in [4.78, 5) is 17.7. The second-order valence-electron chi connectivity index (χ2n) is 5.12. The molecule has 1 fully saturated rings. The minimum atomic E-state index is 0.0548. The third-order valence-electron chi connectivity index (χ3n) is 3.63. The molecule has 18 heavy (non-hydrogen) atoms. The zero-order valence-electron chi connectivity index (χ0n) is 11.4. The van der Waals surface area contributed by atoms with Gasteiger partial charge in [0, 0.05) is 10.8 Å². The molecule has 0 bridgehead atoms. The minimum Gasteiger partial charge on any atom is -0.348 e. The Morgan fingerprint density at radius 2 is 2.11 bits per heavy atom. The number of thiazole rings is 1. The van der Waals surface area contributed by atoms with Crippen LogP contribution >= 0.6 is 11.3 Å². The summed E-state index contributed by atoms with van der Waals surface area (Å²) >= 11 is 1.67. The zero-order chi connectivity index (χ0) is 13.3. The van der Waals surface area contributed by atoms with Crippen LogP contribution in [0.4, 0.5) is 0 Å². The molecule has 2 N–H and O–H groups in total. The highest BCUT2D eigenvalue weighted by molar-refractivity contribution is 7.11. The minimum absolute atomic E-state index is 0.0548. The van der Waals surface area contributed by atoms with Gasteiger partial charge in [-0.2, -0.15) is 0 Å². The van der Waals surface area contributed by atoms with Crippen LogP contribution in [0.5, 0.6) is 0 Å². The van der Waals surface area contributed by atoms with Gasteiger partial charge in [0.1, 0.15) is 0 Å². The molecule has 1 aliphatic rings. The second-order valence-corrected chi connectivity index (χ2v) is 6.35. The van der Waals surface area contributed by atoms with Crippen molar-refractivity contribution in [3.8, 4) is 0 Å². The number of amides is 1. The van der Waals surface area contributed by atoms with Gasteiger partial charge in [0.25, 0.3) is 0 Å². The van der Waals surface area contributed by atoms with Gasteiger partial charge in [0.2, 0.25) is 5.91 Å². The van der Waals surface area contributed by atoms with Crippen molar-refractivity contribution in [2.45, 2.75) is 33.7 Å². The number of nitrogens with one attached hydrogen (secondary N) is 2. The van der Waals surface area contributed by atoms with Gasteiger partial charge < -0.3 is 10.6 Å². The van der Waals surface area contributed by atoms with Crippen LogP contribution in [-0.4, -0.2) is 24.0 Å². The van der Waals surface area contributed by atoms with E-state index in [9.17, 15) is 4.79 Å². The average Bonchev–Trinajstić information content (AvgIpc) is 2.55. The van der Waals surface area contributed by atoms with Crippen molar-refractivity contribution in [1.29, 1.82) is 0 Å². The van der Waals surface area contributed by atoms with Crippen LogP contribution in [0.2, 0.25) is 0 Å². The largest absolute Gasteiger partial charge is 0.348 e. The third kappa shape index (κ3) is 2.72. The summed E-state index contributed by atoms with van der Waals surface area (Å²) < 4.78 is 0. The molecule has 1 amide bonds. The fraction of sp³-hybridized carbons (Fsp3) is 0.692. The Hall–Kier alpha value is -0.940. The topological polar surface area (TPSA) is 54.0 Å². The maximum absolute atomic E-state index is 12.1. The summed E-state index contributed by atoms with van der Waals surface area (Å²) in [6.07, 6.45) is 0. The molecule has 100 valence electrons. The molecule has 1 aromatic heterocycles. The lowest BCUT2D eigenvalue weighted by molar-refractivity contribution is -0.127. The molecule has 2 unspecified atom stereocenters. The molecule has 1 saturated heterocycles. The van der Waals surface area contributed by atoms with Crippen molar-refractivity contribution in [2.75, 3.05) is 13.1 Å². The normalized spacial score (nSPS) is 19.1. The predicted molar refractivity (Wildman–Crippen MR) is 73.7 cm³/mol. The monoisotopic (exact) mass is 267 g/mol. The molecule has 1 aromatic rings. The number of rotatable bonds is 4. The summed E-state index contributed by atoms with van der Waals surface area (Å²) in [5.41, 5.74) is 1.03. The van der Waals surface area contributed by atoms with E-state index in [1.165, 1.54) is 4.88 Å². The first kappa shape index (κ1) is 13.5. The van der Waals surface area contributed by atoms with E-state index >= 15 is 0 Å². The van der Waals surface area contributed by atoms with E-state index < -0.39 is 0 Å². The number of hydrogen-bond acceptors (Lipinski definition) is 4. The van der Waals surface area contributed by atoms with Gasteiger partial charge in [-0.05, 0) is 39.8 Å². The van der Waals surface area contributed by atoms with Crippen LogP contribution in [0.15, 0.2) is 0 Å². The molecule has 1 aliphatic heterocycles. The Morgan fingerprint density at radius 3 is 2.56 bits per heavy atom. The van der Waals surface area contributed by atoms with E-state index in [0.717, 1.165) is 23.8 Å². The molecule has 5 heteroatoms. The first-order valence-electron chi connectivity index (χ1n) is 6.44. The van der Waals surface area contributed by atoms with Crippen LogP contribution in [0, 0.1) is 25.7 Å². The summed E-state index contributed by atoms with van der Waals surface area (Å²) in [5.74, 6) is 0.726. The number of aromatic nitrogens is 1. The zero-order valence-corrected chi connectivity index (χ0v) is 12.2. The van der Waals surface area contributed by atoms with Gasteiger partial charge in [0.15, 0.2) is 0 Å². The molecular formula is C13H21N3OS. The molecule has 0 radical (unpaired) electrons. The number of hydrogen-bond donors (Lipinski definition) is 2. The van der Waals surface area contributed by atoms with Crippen LogP contribution in [0.3, 0.4) is 0 Å². The quantitative estimate of drug-likeness (QED) is 0.874. The molecule has 2 atom stereocenters. The maximum atomic E-state index is 12.1. The molecule has 0 aliphatic carbocycles. The molecule has 0 saturated carbocycles. The Morgan fingerprint density at radius 1 is 1.44 bits per heavy atom. The van der Waals surface area contributed by atoms with E-state index in [4.69, 9.17) is 0 Å². The van der Waals surface area contributed by atoms with Gasteiger partial charge in [-0.25, -0.2) is 4.98 Å². The third-order valence-corrected chi connectivity index (χ3v) is 4.88. The highest BCUT2D eigenvalue weighted by Gasteiger charge is 2.29. The van der Waals surface area contributed by atoms with Gasteiger partial charge in [0.05, 0.1) is 16.7 Å². The van der Waals surface area contributed by atoms with Crippen molar-refractivity contribution in [1.82, 2.24) is 15.6 Å². The van der Waals surface area contributed by atoms with Gasteiger partial charge >= 0.3 is 0 Å². The summed E-state index contributed by atoms with van der Waals surface area (Å²) in [6.45, 7) is 9.96. The Balaban J connectivity index is 1.96. The first-order chi connectivity index (χ1) is 8.49. The molecule has 4 nitrogen and oxygen atoms in total. The Kier molecular flexibility index (Phi) is 4.02. The molecule has 2 heterocycles. The summed E-state index contributed by atoms with van der Waals surface area (Å²) in [5, 5.41) is 7.36. The SMILES string of the molecule is Cc1nc(C)c(C(C)NC(=O)C(C)C2CNC2)s1. The average molecular weight is 267 g/mol. The lowest BCUT2D eigenvalue weighted by atomic mass is 9.88. The maximum Gasteiger partial charge on any atom is 0.223 e. The standard InChI is InChI=1S/C13H21N3OS/c1-7(11-5-14-6-11)13(17)16-9(3)12-8(2)15-10(4)18-12/h7,9,11,14H,5-6H2,1-4H3,(H,16,17). The highest BCUT2D eigenvalue weighted by atomic mass is 32.1. The lowest BCUT2D eigenvalue weighted by Crippen LogP contribution is -2.49. The molecule has 0 aromatic carbocycles. The highest BCUT2D eigenvalue weighted by Crippen LogP contribution is 2.25. The van der Waals surface area contributed by atoms with Gasteiger partial charge in [-0.1, -0.05) is 6.92 Å². The molecular weight excluding hydrogens is 246 g/mol. The van der Waals surface area contributed by atoms with Crippen LogP contribution in [0.1, 0.15) is 35.5 Å². The summed E-state index contributed by atoms with van der Waals surface area (Å²) in [6, 6.07) is 0.0548. The molecule has 2 rings (SSSR count). The number of carbonyl (C=O) groups is 1. The van der Waals surface area contributed by atoms with Crippen molar-refractivity contribution in [3.63, 3.8) is 0 Å². The second kappa shape index (κ2) is 5.36. The number of aryl methyl sites for hydroxylation is 2. The molecule has 0 spiro atoms. The van der Waals surface area contributed by atoms with Crippen molar-refractivity contribution >= 4 is 17.2 Å². The predicted octanol–water partition coefficient (Wildman–Crippen LogP) is 1.79. The van der Waals surface area contributed by atoms with Crippen molar-refractivity contribution in [3.05, 3.63) is 15.6 Å². The van der Waals surface area contributed by atoms with Crippen molar-refractivity contribution in [2.24, 2.45) is 11.8 Å². The van der Waals surface area contributed by atoms with E-state index in [2.05, 4.69) is 15.6 Å². The van der Waals surface area contributed by atoms with Crippen LogP contribution in [-0.2, 0) is 4.79 Å². The smallest absolute Gasteiger partial charge is 0.223 e. The Bertz CT molecular complexity index is 439. The van der Waals surface area contributed by atoms with Gasteiger partial charge in [-0.15, -0.1) is 11.3 Å². The van der Waals surface area contributed by atoms with E-state index in [1.54, 1.807) is 11.3 Å². The van der Waals surface area contributed by atoms with Gasteiger partial charge in [-0.3, -0.25) is 4.79 Å². The van der Waals surface area contributed by atoms with Crippen LogP contribution < -0.4 is 10.6 Å². The summed E-state index contributed by atoms with van der Waals surface area (Å²) in [7, 11) is 0. The number of carbonyl (C=O) groups excluding carboxylic acids is 1. The van der Waals surface area contributed by atoms with E-state index in [1.807, 2.05) is 27.7 Å². The first-order valence-corrected chi connectivity index (χ1v) is 7.25. The fourth-order valence-corrected chi connectivity index (χ4v) is 3.17. The lowest BCUT2D eigenvalue weighted by Gasteiger charge is -2.32. The van der Waals surface area contributed by atoms with E-state index in [-0.39, 0.29) is 17.9 Å². The van der Waals surface area contributed by atoms with Crippen molar-refractivity contribution < 1.29 is 4.79 Å².